The molecule has 0 aromatic heterocycles. The molecule has 1 amide bonds. The van der Waals surface area contributed by atoms with Crippen LogP contribution in [0.4, 0.5) is 5.69 Å². The summed E-state index contributed by atoms with van der Waals surface area (Å²) in [5, 5.41) is 21.7. The molecule has 12 heteroatoms. The van der Waals surface area contributed by atoms with Crippen molar-refractivity contribution in [1.82, 2.24) is 4.72 Å². The number of amides is 1. The molecule has 0 saturated carbocycles. The van der Waals surface area contributed by atoms with E-state index in [-0.39, 0.29) is 41.6 Å². The fraction of sp³-hybridized carbons (Fsp3) is 0.238. The minimum atomic E-state index is -4.01. The topological polar surface area (TPSA) is 151 Å². The van der Waals surface area contributed by atoms with Crippen LogP contribution in [0.3, 0.4) is 0 Å². The van der Waals surface area contributed by atoms with Gasteiger partial charge < -0.3 is 25.0 Å². The summed E-state index contributed by atoms with van der Waals surface area (Å²) in [5.74, 6) is -0.975. The summed E-state index contributed by atoms with van der Waals surface area (Å²) in [6.45, 7) is 3.87. The van der Waals surface area contributed by atoms with Crippen molar-refractivity contribution in [3.63, 3.8) is 0 Å². The van der Waals surface area contributed by atoms with E-state index in [4.69, 9.17) is 9.47 Å². The lowest BCUT2D eigenvalue weighted by Crippen LogP contribution is -2.45. The van der Waals surface area contributed by atoms with Gasteiger partial charge in [-0.3, -0.25) is 4.79 Å². The van der Waals surface area contributed by atoms with Crippen LogP contribution in [0.25, 0.3) is 0 Å². The van der Waals surface area contributed by atoms with Crippen molar-refractivity contribution in [2.45, 2.75) is 61.2 Å². The number of sulfonamides is 1. The number of benzene rings is 5. The maximum atomic E-state index is 13.7. The molecule has 10 nitrogen and oxygen atoms in total. The van der Waals surface area contributed by atoms with Crippen LogP contribution >= 0.6 is 11.8 Å². The maximum absolute atomic E-state index is 13.7. The summed E-state index contributed by atoms with van der Waals surface area (Å²) in [4.78, 5) is 26.0. The van der Waals surface area contributed by atoms with E-state index in [2.05, 4.69) is 17.0 Å². The standard InChI is InChI=1S/C42H42N2O8S2/c1-27-8-22-36(23-9-27)54(49,50)44-37(24-29-6-4-3-5-7-29)40(46)43-34-18-14-33(15-19-34)42-51-38(26-53-35-20-16-32(17-21-35)41(47)48)28(2)39(52-42)31-12-10-30(25-45)11-13-31/h3-23,28,37-39,42,44-45H,24-26H2,1-2H3,(H,43,46)(H,47,48)/t28-,37-,38+,39+,42+/m1/s1. The zero-order valence-electron chi connectivity index (χ0n) is 29.8. The van der Waals surface area contributed by atoms with Gasteiger partial charge in [-0.1, -0.05) is 91.3 Å². The first-order chi connectivity index (χ1) is 26.0. The van der Waals surface area contributed by atoms with E-state index in [9.17, 15) is 28.2 Å². The molecular formula is C42H42N2O8S2. The van der Waals surface area contributed by atoms with Gasteiger partial charge in [0.15, 0.2) is 6.29 Å². The predicted molar refractivity (Wildman–Crippen MR) is 208 cm³/mol. The van der Waals surface area contributed by atoms with Crippen LogP contribution in [-0.2, 0) is 37.3 Å². The minimum absolute atomic E-state index is 0.0594. The molecule has 4 N–H and O–H groups in total. The van der Waals surface area contributed by atoms with E-state index in [1.54, 1.807) is 72.4 Å². The number of aromatic carboxylic acids is 1. The second kappa shape index (κ2) is 17.5. The van der Waals surface area contributed by atoms with Gasteiger partial charge in [0.05, 0.1) is 29.3 Å². The van der Waals surface area contributed by atoms with Crippen molar-refractivity contribution < 1.29 is 37.7 Å². The number of aliphatic hydroxyl groups excluding tert-OH is 1. The number of rotatable bonds is 14. The summed E-state index contributed by atoms with van der Waals surface area (Å²) in [6, 6.07) is 36.0. The molecule has 0 aliphatic carbocycles. The molecule has 5 aromatic carbocycles. The van der Waals surface area contributed by atoms with Gasteiger partial charge in [0, 0.05) is 27.8 Å². The van der Waals surface area contributed by atoms with Gasteiger partial charge in [0.1, 0.15) is 6.04 Å². The molecule has 280 valence electrons. The number of carboxylic acid groups (broad SMARTS) is 1. The number of carbonyl (C=O) groups is 2. The summed E-state index contributed by atoms with van der Waals surface area (Å²) < 4.78 is 42.4. The molecule has 1 aliphatic rings. The molecule has 5 aromatic rings. The number of carbonyl (C=O) groups excluding carboxylic acids is 1. The molecule has 1 saturated heterocycles. The maximum Gasteiger partial charge on any atom is 0.335 e. The smallest absolute Gasteiger partial charge is 0.335 e. The van der Waals surface area contributed by atoms with E-state index in [0.717, 1.165) is 32.7 Å². The molecule has 0 spiro atoms. The molecule has 1 heterocycles. The normalized spacial score (nSPS) is 19.2. The molecule has 54 heavy (non-hydrogen) atoms. The van der Waals surface area contributed by atoms with Gasteiger partial charge in [-0.15, -0.1) is 11.8 Å². The molecule has 0 bridgehead atoms. The fourth-order valence-electron chi connectivity index (χ4n) is 6.15. The zero-order valence-corrected chi connectivity index (χ0v) is 31.4. The van der Waals surface area contributed by atoms with E-state index in [1.165, 1.54) is 12.1 Å². The van der Waals surface area contributed by atoms with Crippen molar-refractivity contribution in [2.75, 3.05) is 11.1 Å². The Kier molecular flexibility index (Phi) is 12.6. The highest BCUT2D eigenvalue weighted by Gasteiger charge is 2.38. The van der Waals surface area contributed by atoms with Crippen molar-refractivity contribution in [3.05, 3.63) is 161 Å². The zero-order chi connectivity index (χ0) is 38.2. The first-order valence-electron chi connectivity index (χ1n) is 17.5. The number of hydrogen-bond donors (Lipinski definition) is 4. The Morgan fingerprint density at radius 2 is 1.44 bits per heavy atom. The van der Waals surface area contributed by atoms with Crippen LogP contribution in [0.15, 0.2) is 137 Å². The first kappa shape index (κ1) is 38.9. The Morgan fingerprint density at radius 3 is 2.07 bits per heavy atom. The Morgan fingerprint density at radius 1 is 0.796 bits per heavy atom. The average molecular weight is 767 g/mol. The van der Waals surface area contributed by atoms with Crippen molar-refractivity contribution in [1.29, 1.82) is 0 Å². The monoisotopic (exact) mass is 766 g/mol. The second-order valence-electron chi connectivity index (χ2n) is 13.3. The van der Waals surface area contributed by atoms with Crippen LogP contribution in [-0.4, -0.2) is 48.4 Å². The van der Waals surface area contributed by atoms with Crippen LogP contribution in [0.2, 0.25) is 0 Å². The number of anilines is 1. The Labute approximate surface area is 319 Å². The van der Waals surface area contributed by atoms with Gasteiger partial charge in [-0.25, -0.2) is 13.2 Å². The highest BCUT2D eigenvalue weighted by Crippen LogP contribution is 2.43. The minimum Gasteiger partial charge on any atom is -0.478 e. The highest BCUT2D eigenvalue weighted by molar-refractivity contribution is 7.99. The van der Waals surface area contributed by atoms with E-state index >= 15 is 0 Å². The molecule has 5 atom stereocenters. The lowest BCUT2D eigenvalue weighted by atomic mass is 9.91. The number of aliphatic hydroxyl groups is 1. The van der Waals surface area contributed by atoms with Gasteiger partial charge in [-0.05, 0) is 78.6 Å². The number of ether oxygens (including phenoxy) is 2. The van der Waals surface area contributed by atoms with Crippen LogP contribution in [0, 0.1) is 12.8 Å². The van der Waals surface area contributed by atoms with Gasteiger partial charge in [0.25, 0.3) is 0 Å². The fourth-order valence-corrected chi connectivity index (χ4v) is 8.41. The van der Waals surface area contributed by atoms with Crippen molar-refractivity contribution >= 4 is 39.3 Å². The quantitative estimate of drug-likeness (QED) is 0.0854. The lowest BCUT2D eigenvalue weighted by Gasteiger charge is -2.41. The Balaban J connectivity index is 1.19. The third-order valence-electron chi connectivity index (χ3n) is 9.32. The predicted octanol–water partition coefficient (Wildman–Crippen LogP) is 7.30. The summed E-state index contributed by atoms with van der Waals surface area (Å²) >= 11 is 1.56. The van der Waals surface area contributed by atoms with E-state index in [1.807, 2.05) is 61.5 Å². The molecular weight excluding hydrogens is 725 g/mol. The second-order valence-corrected chi connectivity index (χ2v) is 16.1. The third kappa shape index (κ3) is 9.83. The Bertz CT molecular complexity index is 2130. The molecule has 1 aliphatic heterocycles. The van der Waals surface area contributed by atoms with Gasteiger partial charge in [0.2, 0.25) is 15.9 Å². The molecule has 6 rings (SSSR count). The van der Waals surface area contributed by atoms with E-state index in [0.29, 0.717) is 11.4 Å². The van der Waals surface area contributed by atoms with E-state index < -0.39 is 34.2 Å². The van der Waals surface area contributed by atoms with Gasteiger partial charge in [-0.2, -0.15) is 4.72 Å². The number of hydrogen-bond acceptors (Lipinski definition) is 8. The van der Waals surface area contributed by atoms with Crippen LogP contribution in [0.5, 0.6) is 0 Å². The Hall–Kier alpha value is -4.82. The molecule has 0 radical (unpaired) electrons. The SMILES string of the molecule is Cc1ccc(S(=O)(=O)N[C@H](Cc2ccccc2)C(=O)Nc2ccc([C@H]3O[C@@H](CSc4ccc(C(=O)O)cc4)[C@@H](C)[C@@H](c4ccc(CO)cc4)O3)cc2)cc1. The number of carboxylic acids is 1. The van der Waals surface area contributed by atoms with Crippen molar-refractivity contribution in [2.24, 2.45) is 5.92 Å². The molecule has 1 fully saturated rings. The number of thioether (sulfide) groups is 1. The number of nitrogens with one attached hydrogen (secondary N) is 2. The summed E-state index contributed by atoms with van der Waals surface area (Å²) in [5.41, 5.74) is 4.85. The van der Waals surface area contributed by atoms with Gasteiger partial charge >= 0.3 is 5.97 Å². The van der Waals surface area contributed by atoms with Crippen LogP contribution in [0.1, 0.15) is 57.5 Å². The van der Waals surface area contributed by atoms with Crippen LogP contribution < -0.4 is 10.0 Å². The third-order valence-corrected chi connectivity index (χ3v) is 11.9. The van der Waals surface area contributed by atoms with Crippen molar-refractivity contribution in [3.8, 4) is 0 Å². The lowest BCUT2D eigenvalue weighted by molar-refractivity contribution is -0.268. The summed E-state index contributed by atoms with van der Waals surface area (Å²) in [6.07, 6.45) is -1.20. The summed E-state index contributed by atoms with van der Waals surface area (Å²) in [7, 11) is -4.01. The first-order valence-corrected chi connectivity index (χ1v) is 20.0. The largest absolute Gasteiger partial charge is 0.478 e. The highest BCUT2D eigenvalue weighted by atomic mass is 32.2. The average Bonchev–Trinajstić information content (AvgIpc) is 3.18. The molecule has 0 unspecified atom stereocenters. The number of aryl methyl sites for hydroxylation is 1.